The highest BCUT2D eigenvalue weighted by atomic mass is 79.9. The van der Waals surface area contributed by atoms with E-state index < -0.39 is 5.97 Å². The van der Waals surface area contributed by atoms with Crippen LogP contribution in [0.25, 0.3) is 11.3 Å². The minimum atomic E-state index is -1.04. The Morgan fingerprint density at radius 3 is 2.64 bits per heavy atom. The largest absolute Gasteiger partial charge is 0.493 e. The monoisotopic (exact) mass is 441 g/mol. The van der Waals surface area contributed by atoms with E-state index in [2.05, 4.69) is 20.9 Å². The smallest absolute Gasteiger partial charge is 0.337 e. The van der Waals surface area contributed by atoms with Crippen molar-refractivity contribution in [3.63, 3.8) is 0 Å². The fourth-order valence-electron chi connectivity index (χ4n) is 2.68. The molecule has 1 aromatic heterocycles. The van der Waals surface area contributed by atoms with Crippen LogP contribution in [0.2, 0.25) is 0 Å². The molecule has 0 aliphatic carbocycles. The summed E-state index contributed by atoms with van der Waals surface area (Å²) in [6, 6.07) is 18.2. The average Bonchev–Trinajstić information content (AvgIpc) is 2.70. The summed E-state index contributed by atoms with van der Waals surface area (Å²) >= 11 is 3.39. The van der Waals surface area contributed by atoms with Crippen molar-refractivity contribution in [2.75, 3.05) is 6.61 Å². The van der Waals surface area contributed by atoms with E-state index in [-0.39, 0.29) is 12.2 Å². The van der Waals surface area contributed by atoms with Crippen molar-refractivity contribution in [1.82, 2.24) is 4.98 Å². The number of carbonyl (C=O) groups is 1. The SMILES string of the molecule is CCCOc1ccccc1-c1ccc(C(=O)O)c(COc2cccc(Br)c2)n1. The number of benzene rings is 2. The zero-order chi connectivity index (χ0) is 19.9. The summed E-state index contributed by atoms with van der Waals surface area (Å²) in [5.74, 6) is 0.311. The molecule has 0 saturated heterocycles. The summed E-state index contributed by atoms with van der Waals surface area (Å²) in [4.78, 5) is 16.2. The van der Waals surface area contributed by atoms with E-state index >= 15 is 0 Å². The fourth-order valence-corrected chi connectivity index (χ4v) is 3.06. The van der Waals surface area contributed by atoms with Crippen LogP contribution in [-0.4, -0.2) is 22.7 Å². The van der Waals surface area contributed by atoms with Crippen LogP contribution in [0.4, 0.5) is 0 Å². The van der Waals surface area contributed by atoms with Crippen molar-refractivity contribution in [3.05, 3.63) is 76.4 Å². The first-order chi connectivity index (χ1) is 13.6. The van der Waals surface area contributed by atoms with E-state index in [1.54, 1.807) is 12.1 Å². The summed E-state index contributed by atoms with van der Waals surface area (Å²) in [5.41, 5.74) is 1.93. The molecule has 3 rings (SSSR count). The van der Waals surface area contributed by atoms with Crippen molar-refractivity contribution in [1.29, 1.82) is 0 Å². The molecule has 6 heteroatoms. The van der Waals surface area contributed by atoms with Gasteiger partial charge in [0.2, 0.25) is 0 Å². The van der Waals surface area contributed by atoms with Gasteiger partial charge in [0.15, 0.2) is 0 Å². The van der Waals surface area contributed by atoms with E-state index in [9.17, 15) is 9.90 Å². The second-order valence-corrected chi connectivity index (χ2v) is 7.00. The molecule has 144 valence electrons. The maximum atomic E-state index is 11.6. The van der Waals surface area contributed by atoms with E-state index in [0.29, 0.717) is 23.7 Å². The zero-order valence-corrected chi connectivity index (χ0v) is 17.0. The minimum absolute atomic E-state index is 0.0455. The van der Waals surface area contributed by atoms with Crippen LogP contribution in [0.1, 0.15) is 29.4 Å². The summed E-state index contributed by atoms with van der Waals surface area (Å²) < 4.78 is 12.5. The molecule has 0 saturated carbocycles. The van der Waals surface area contributed by atoms with Crippen LogP contribution in [0.3, 0.4) is 0 Å². The molecule has 0 atom stereocenters. The van der Waals surface area contributed by atoms with Gasteiger partial charge in [0.25, 0.3) is 0 Å². The van der Waals surface area contributed by atoms with Gasteiger partial charge in [0.1, 0.15) is 18.1 Å². The number of pyridine rings is 1. The molecule has 2 aromatic carbocycles. The van der Waals surface area contributed by atoms with Crippen molar-refractivity contribution >= 4 is 21.9 Å². The summed E-state index contributed by atoms with van der Waals surface area (Å²) in [7, 11) is 0. The molecule has 3 aromatic rings. The van der Waals surface area contributed by atoms with Gasteiger partial charge >= 0.3 is 5.97 Å². The number of carboxylic acid groups (broad SMARTS) is 1. The molecule has 28 heavy (non-hydrogen) atoms. The first-order valence-corrected chi connectivity index (χ1v) is 9.71. The van der Waals surface area contributed by atoms with Crippen LogP contribution in [0, 0.1) is 0 Å². The fraction of sp³-hybridized carbons (Fsp3) is 0.182. The molecule has 0 aliphatic heterocycles. The Bertz CT molecular complexity index is 974. The molecular weight excluding hydrogens is 422 g/mol. The number of aromatic carboxylic acids is 1. The van der Waals surface area contributed by atoms with Crippen LogP contribution in [-0.2, 0) is 6.61 Å². The van der Waals surface area contributed by atoms with Gasteiger partial charge in [-0.25, -0.2) is 9.78 Å². The lowest BCUT2D eigenvalue weighted by Crippen LogP contribution is -2.09. The lowest BCUT2D eigenvalue weighted by molar-refractivity contribution is 0.0693. The molecular formula is C22H20BrNO4. The van der Waals surface area contributed by atoms with Gasteiger partial charge in [-0.15, -0.1) is 0 Å². The Kier molecular flexibility index (Phi) is 6.66. The summed E-state index contributed by atoms with van der Waals surface area (Å²) in [6.07, 6.45) is 0.894. The standard InChI is InChI=1S/C22H20BrNO4/c1-2-12-27-21-9-4-3-8-17(21)19-11-10-18(22(25)26)20(24-19)14-28-16-7-5-6-15(23)13-16/h3-11,13H,2,12,14H2,1H3,(H,25,26). The Balaban J connectivity index is 1.93. The van der Waals surface area contributed by atoms with Gasteiger partial charge in [-0.2, -0.15) is 0 Å². The summed E-state index contributed by atoms with van der Waals surface area (Å²) in [6.45, 7) is 2.69. The molecule has 0 aliphatic rings. The summed E-state index contributed by atoms with van der Waals surface area (Å²) in [5, 5.41) is 9.51. The number of carboxylic acids is 1. The molecule has 0 unspecified atom stereocenters. The number of ether oxygens (including phenoxy) is 2. The van der Waals surface area contributed by atoms with Crippen molar-refractivity contribution in [2.24, 2.45) is 0 Å². The highest BCUT2D eigenvalue weighted by molar-refractivity contribution is 9.10. The van der Waals surface area contributed by atoms with Gasteiger partial charge in [-0.05, 0) is 48.9 Å². The third-order valence-corrected chi connectivity index (χ3v) is 4.49. The predicted molar refractivity (Wildman–Crippen MR) is 111 cm³/mol. The lowest BCUT2D eigenvalue weighted by Gasteiger charge is -2.13. The van der Waals surface area contributed by atoms with Gasteiger partial charge in [0.05, 0.1) is 23.6 Å². The second-order valence-electron chi connectivity index (χ2n) is 6.09. The van der Waals surface area contributed by atoms with Gasteiger partial charge in [-0.3, -0.25) is 0 Å². The van der Waals surface area contributed by atoms with Crippen molar-refractivity contribution in [2.45, 2.75) is 20.0 Å². The highest BCUT2D eigenvalue weighted by Gasteiger charge is 2.16. The maximum Gasteiger partial charge on any atom is 0.337 e. The Morgan fingerprint density at radius 2 is 1.89 bits per heavy atom. The average molecular weight is 442 g/mol. The van der Waals surface area contributed by atoms with E-state index in [1.165, 1.54) is 0 Å². The number of nitrogens with zero attached hydrogens (tertiary/aromatic N) is 1. The second kappa shape index (κ2) is 9.37. The minimum Gasteiger partial charge on any atom is -0.493 e. The quantitative estimate of drug-likeness (QED) is 0.494. The van der Waals surface area contributed by atoms with E-state index in [0.717, 1.165) is 22.2 Å². The maximum absolute atomic E-state index is 11.6. The Labute approximate surface area is 172 Å². The van der Waals surface area contributed by atoms with Crippen LogP contribution in [0.5, 0.6) is 11.5 Å². The number of rotatable bonds is 8. The lowest BCUT2D eigenvalue weighted by atomic mass is 10.1. The Hall–Kier alpha value is -2.86. The molecule has 0 radical (unpaired) electrons. The first-order valence-electron chi connectivity index (χ1n) is 8.92. The van der Waals surface area contributed by atoms with Crippen LogP contribution in [0.15, 0.2) is 65.1 Å². The first kappa shape index (κ1) is 19.9. The molecule has 5 nitrogen and oxygen atoms in total. The molecule has 0 amide bonds. The topological polar surface area (TPSA) is 68.7 Å². The van der Waals surface area contributed by atoms with E-state index in [1.807, 2.05) is 55.5 Å². The van der Waals surface area contributed by atoms with Crippen molar-refractivity contribution in [3.8, 4) is 22.8 Å². The zero-order valence-electron chi connectivity index (χ0n) is 15.4. The van der Waals surface area contributed by atoms with E-state index in [4.69, 9.17) is 9.47 Å². The number of para-hydroxylation sites is 1. The third kappa shape index (κ3) is 4.89. The van der Waals surface area contributed by atoms with Crippen molar-refractivity contribution < 1.29 is 19.4 Å². The van der Waals surface area contributed by atoms with Crippen LogP contribution < -0.4 is 9.47 Å². The molecule has 0 bridgehead atoms. The number of hydrogen-bond acceptors (Lipinski definition) is 4. The number of aromatic nitrogens is 1. The van der Waals surface area contributed by atoms with Gasteiger partial charge in [0, 0.05) is 10.0 Å². The number of halogens is 1. The molecule has 1 N–H and O–H groups in total. The molecule has 1 heterocycles. The predicted octanol–water partition coefficient (Wildman–Crippen LogP) is 5.58. The molecule has 0 fully saturated rings. The number of hydrogen-bond donors (Lipinski definition) is 1. The molecule has 0 spiro atoms. The normalized spacial score (nSPS) is 10.5. The van der Waals surface area contributed by atoms with Gasteiger partial charge < -0.3 is 14.6 Å². The van der Waals surface area contributed by atoms with Crippen LogP contribution >= 0.6 is 15.9 Å². The third-order valence-electron chi connectivity index (χ3n) is 4.00. The Morgan fingerprint density at radius 1 is 1.07 bits per heavy atom. The highest BCUT2D eigenvalue weighted by Crippen LogP contribution is 2.30. The van der Waals surface area contributed by atoms with Gasteiger partial charge in [-0.1, -0.05) is 41.1 Å².